The molecule has 4 rings (SSSR count). The van der Waals surface area contributed by atoms with E-state index in [1.165, 1.54) is 35.1 Å². The zero-order chi connectivity index (χ0) is 13.6. The van der Waals surface area contributed by atoms with Crippen LogP contribution in [0.2, 0.25) is 0 Å². The van der Waals surface area contributed by atoms with Crippen LogP contribution in [-0.4, -0.2) is 15.4 Å². The molecule has 0 atom stereocenters. The van der Waals surface area contributed by atoms with Crippen LogP contribution in [0.5, 0.6) is 0 Å². The fourth-order valence-corrected chi connectivity index (χ4v) is 2.87. The van der Waals surface area contributed by atoms with Crippen LogP contribution in [0.25, 0.3) is 17.2 Å². The Bertz CT molecular complexity index is 669. The third kappa shape index (κ3) is 1.92. The molecule has 2 heterocycles. The van der Waals surface area contributed by atoms with Gasteiger partial charge in [-0.2, -0.15) is 0 Å². The highest BCUT2D eigenvalue weighted by Crippen LogP contribution is 2.43. The minimum Gasteiger partial charge on any atom is -0.368 e. The van der Waals surface area contributed by atoms with Crippen molar-refractivity contribution in [3.05, 3.63) is 60.1 Å². The summed E-state index contributed by atoms with van der Waals surface area (Å²) in [5.74, 6) is 0. The number of nitrogens with zero attached hydrogens (tertiary/aromatic N) is 2. The molecule has 2 nitrogen and oxygen atoms in total. The predicted octanol–water partition coefficient (Wildman–Crippen LogP) is 4.09. The second-order valence-electron chi connectivity index (χ2n) is 6.09. The minimum absolute atomic E-state index is 0.404. The molecule has 1 saturated carbocycles. The number of hydrogen-bond donors (Lipinski definition) is 0. The largest absolute Gasteiger partial charge is 0.368 e. The summed E-state index contributed by atoms with van der Waals surface area (Å²) < 4.78 is 0. The fraction of sp³-hybridized carbons (Fsp3) is 0.278. The molecule has 20 heavy (non-hydrogen) atoms. The lowest BCUT2D eigenvalue weighted by molar-refractivity contribution is 0.264. The van der Waals surface area contributed by atoms with Crippen LogP contribution in [-0.2, 0) is 6.54 Å². The lowest BCUT2D eigenvalue weighted by Crippen LogP contribution is -2.31. The summed E-state index contributed by atoms with van der Waals surface area (Å²) in [6, 6.07) is 10.9. The molecular weight excluding hydrogens is 244 g/mol. The Hall–Kier alpha value is -2.09. The Morgan fingerprint density at radius 3 is 2.60 bits per heavy atom. The van der Waals surface area contributed by atoms with Gasteiger partial charge in [0.05, 0.1) is 0 Å². The second-order valence-corrected chi connectivity index (χ2v) is 6.09. The van der Waals surface area contributed by atoms with E-state index in [1.54, 1.807) is 0 Å². The Morgan fingerprint density at radius 1 is 1.05 bits per heavy atom. The molecule has 0 saturated heterocycles. The third-order valence-electron chi connectivity index (χ3n) is 4.60. The number of hydrogen-bond acceptors (Lipinski definition) is 2. The van der Waals surface area contributed by atoms with Crippen molar-refractivity contribution in [2.24, 2.45) is 0 Å². The molecule has 100 valence electrons. The van der Waals surface area contributed by atoms with E-state index in [-0.39, 0.29) is 0 Å². The van der Waals surface area contributed by atoms with Gasteiger partial charge in [0.25, 0.3) is 0 Å². The van der Waals surface area contributed by atoms with Crippen LogP contribution in [0.15, 0.2) is 48.9 Å². The van der Waals surface area contributed by atoms with Gasteiger partial charge < -0.3 is 4.90 Å². The SMILES string of the molecule is CC1(N2C=Cc3ccc(-c4ccncc4)cc3C2)CC1. The molecule has 1 aliphatic heterocycles. The minimum atomic E-state index is 0.404. The van der Waals surface area contributed by atoms with E-state index < -0.39 is 0 Å². The maximum atomic E-state index is 4.09. The first-order chi connectivity index (χ1) is 9.74. The molecule has 1 fully saturated rings. The number of pyridine rings is 1. The van der Waals surface area contributed by atoms with Gasteiger partial charge in [0, 0.05) is 30.7 Å². The summed E-state index contributed by atoms with van der Waals surface area (Å²) in [4.78, 5) is 6.58. The van der Waals surface area contributed by atoms with E-state index >= 15 is 0 Å². The van der Waals surface area contributed by atoms with Crippen LogP contribution in [0, 0.1) is 0 Å². The van der Waals surface area contributed by atoms with Gasteiger partial charge in [0.2, 0.25) is 0 Å². The monoisotopic (exact) mass is 262 g/mol. The van der Waals surface area contributed by atoms with E-state index in [0.717, 1.165) is 6.54 Å². The van der Waals surface area contributed by atoms with Crippen molar-refractivity contribution in [1.29, 1.82) is 0 Å². The lowest BCUT2D eigenvalue weighted by atomic mass is 9.97. The van der Waals surface area contributed by atoms with Crippen molar-refractivity contribution in [3.8, 4) is 11.1 Å². The average Bonchev–Trinajstić information content (AvgIpc) is 3.26. The Balaban J connectivity index is 1.70. The first kappa shape index (κ1) is 11.7. The summed E-state index contributed by atoms with van der Waals surface area (Å²) in [5.41, 5.74) is 5.70. The summed E-state index contributed by atoms with van der Waals surface area (Å²) in [7, 11) is 0. The molecule has 2 aromatic rings. The predicted molar refractivity (Wildman–Crippen MR) is 81.9 cm³/mol. The van der Waals surface area contributed by atoms with Crippen molar-refractivity contribution in [2.75, 3.05) is 0 Å². The van der Waals surface area contributed by atoms with E-state index in [9.17, 15) is 0 Å². The van der Waals surface area contributed by atoms with Crippen molar-refractivity contribution >= 4 is 6.08 Å². The average molecular weight is 262 g/mol. The first-order valence-corrected chi connectivity index (χ1v) is 7.23. The zero-order valence-corrected chi connectivity index (χ0v) is 11.7. The van der Waals surface area contributed by atoms with Crippen LogP contribution < -0.4 is 0 Å². The van der Waals surface area contributed by atoms with Crippen LogP contribution in [0.3, 0.4) is 0 Å². The highest BCUT2D eigenvalue weighted by molar-refractivity contribution is 5.68. The Kier molecular flexibility index (Phi) is 2.46. The molecule has 2 heteroatoms. The van der Waals surface area contributed by atoms with E-state index in [0.29, 0.717) is 5.54 Å². The van der Waals surface area contributed by atoms with E-state index in [4.69, 9.17) is 0 Å². The van der Waals surface area contributed by atoms with Crippen molar-refractivity contribution in [1.82, 2.24) is 9.88 Å². The molecule has 0 unspecified atom stereocenters. The van der Waals surface area contributed by atoms with Gasteiger partial charge in [-0.1, -0.05) is 12.1 Å². The van der Waals surface area contributed by atoms with Crippen molar-refractivity contribution in [2.45, 2.75) is 31.8 Å². The lowest BCUT2D eigenvalue weighted by Gasteiger charge is -2.31. The smallest absolute Gasteiger partial charge is 0.0435 e. The number of aromatic nitrogens is 1. The molecular formula is C18H18N2. The molecule has 0 radical (unpaired) electrons. The van der Waals surface area contributed by atoms with Gasteiger partial charge in [-0.05, 0) is 66.3 Å². The van der Waals surface area contributed by atoms with Gasteiger partial charge in [-0.3, -0.25) is 4.98 Å². The second kappa shape index (κ2) is 4.20. The van der Waals surface area contributed by atoms with Crippen LogP contribution in [0.1, 0.15) is 30.9 Å². The van der Waals surface area contributed by atoms with Gasteiger partial charge >= 0.3 is 0 Å². The molecule has 0 spiro atoms. The molecule has 0 N–H and O–H groups in total. The van der Waals surface area contributed by atoms with Gasteiger partial charge in [-0.25, -0.2) is 0 Å². The Morgan fingerprint density at radius 2 is 1.85 bits per heavy atom. The third-order valence-corrected chi connectivity index (χ3v) is 4.60. The molecule has 1 aromatic carbocycles. The standard InChI is InChI=1S/C18H18N2/c1-18(7-8-18)20-11-6-14-2-3-16(12-17(14)13-20)15-4-9-19-10-5-15/h2-6,9-12H,7-8,13H2,1H3. The number of rotatable bonds is 2. The maximum Gasteiger partial charge on any atom is 0.0435 e. The summed E-state index contributed by atoms with van der Waals surface area (Å²) in [6.45, 7) is 3.39. The molecule has 2 aliphatic rings. The fourth-order valence-electron chi connectivity index (χ4n) is 2.87. The quantitative estimate of drug-likeness (QED) is 0.810. The summed E-state index contributed by atoms with van der Waals surface area (Å²) >= 11 is 0. The maximum absolute atomic E-state index is 4.09. The topological polar surface area (TPSA) is 16.1 Å². The molecule has 1 aliphatic carbocycles. The van der Waals surface area contributed by atoms with Gasteiger partial charge in [-0.15, -0.1) is 0 Å². The van der Waals surface area contributed by atoms with Crippen LogP contribution >= 0.6 is 0 Å². The Labute approximate surface area is 119 Å². The highest BCUT2D eigenvalue weighted by Gasteiger charge is 2.42. The summed E-state index contributed by atoms with van der Waals surface area (Å²) in [6.07, 6.45) is 10.9. The van der Waals surface area contributed by atoms with E-state index in [1.807, 2.05) is 12.4 Å². The zero-order valence-electron chi connectivity index (χ0n) is 11.7. The van der Waals surface area contributed by atoms with Gasteiger partial charge in [0.15, 0.2) is 0 Å². The summed E-state index contributed by atoms with van der Waals surface area (Å²) in [5, 5.41) is 0. The first-order valence-electron chi connectivity index (χ1n) is 7.23. The number of benzene rings is 1. The number of fused-ring (bicyclic) bond motifs is 1. The highest BCUT2D eigenvalue weighted by atomic mass is 15.2. The van der Waals surface area contributed by atoms with Crippen molar-refractivity contribution < 1.29 is 0 Å². The van der Waals surface area contributed by atoms with E-state index in [2.05, 4.69) is 59.4 Å². The molecule has 0 amide bonds. The van der Waals surface area contributed by atoms with Crippen LogP contribution in [0.4, 0.5) is 0 Å². The van der Waals surface area contributed by atoms with Crippen molar-refractivity contribution in [3.63, 3.8) is 0 Å². The van der Waals surface area contributed by atoms with Gasteiger partial charge in [0.1, 0.15) is 0 Å². The molecule has 0 bridgehead atoms. The normalized spacial score (nSPS) is 18.8. The molecule has 1 aromatic heterocycles.